The van der Waals surface area contributed by atoms with Crippen LogP contribution in [0.15, 0.2) is 18.2 Å². The van der Waals surface area contributed by atoms with Crippen LogP contribution in [0.25, 0.3) is 0 Å². The van der Waals surface area contributed by atoms with E-state index >= 15 is 0 Å². The van der Waals surface area contributed by atoms with Crippen LogP contribution in [0.5, 0.6) is 5.75 Å². The highest BCUT2D eigenvalue weighted by Gasteiger charge is 2.26. The lowest BCUT2D eigenvalue weighted by atomic mass is 9.85. The largest absolute Gasteiger partial charge is 0.507 e. The van der Waals surface area contributed by atoms with Gasteiger partial charge >= 0.3 is 0 Å². The van der Waals surface area contributed by atoms with E-state index in [2.05, 4.69) is 5.32 Å². The predicted octanol–water partition coefficient (Wildman–Crippen LogP) is 3.30. The van der Waals surface area contributed by atoms with Crippen LogP contribution >= 0.6 is 11.6 Å². The Morgan fingerprint density at radius 3 is 2.63 bits per heavy atom. The normalized spacial score (nSPS) is 13.1. The van der Waals surface area contributed by atoms with Gasteiger partial charge in [0.1, 0.15) is 11.6 Å². The number of phenols is 1. The van der Waals surface area contributed by atoms with Crippen molar-refractivity contribution < 1.29 is 14.3 Å². The van der Waals surface area contributed by atoms with E-state index in [0.29, 0.717) is 12.3 Å². The average molecular weight is 288 g/mol. The van der Waals surface area contributed by atoms with Crippen LogP contribution in [0.4, 0.5) is 4.39 Å². The monoisotopic (exact) mass is 287 g/mol. The number of hydrogen-bond donors (Lipinski definition) is 2. The first-order valence-corrected chi connectivity index (χ1v) is 6.64. The first kappa shape index (κ1) is 15.8. The van der Waals surface area contributed by atoms with E-state index in [9.17, 15) is 14.3 Å². The number of aromatic hydroxyl groups is 1. The molecule has 0 saturated carbocycles. The van der Waals surface area contributed by atoms with E-state index in [1.54, 1.807) is 0 Å². The predicted molar refractivity (Wildman–Crippen MR) is 74.1 cm³/mol. The summed E-state index contributed by atoms with van der Waals surface area (Å²) in [6, 6.07) is 3.13. The summed E-state index contributed by atoms with van der Waals surface area (Å²) in [5.41, 5.74) is -0.239. The molecule has 0 aliphatic rings. The average Bonchev–Trinajstić information content (AvgIpc) is 2.30. The fourth-order valence-corrected chi connectivity index (χ4v) is 1.98. The summed E-state index contributed by atoms with van der Waals surface area (Å²) in [6.45, 7) is 5.95. The van der Waals surface area contributed by atoms with Gasteiger partial charge in [0.05, 0.1) is 5.56 Å². The van der Waals surface area contributed by atoms with Gasteiger partial charge in [-0.3, -0.25) is 4.79 Å². The minimum absolute atomic E-state index is 0.0659. The lowest BCUT2D eigenvalue weighted by Crippen LogP contribution is -2.44. The Labute approximate surface area is 117 Å². The molecule has 3 nitrogen and oxygen atoms in total. The number of phenolic OH excluding ortho intramolecular Hbond substituents is 1. The molecule has 0 aromatic heterocycles. The van der Waals surface area contributed by atoms with E-state index in [-0.39, 0.29) is 22.8 Å². The van der Waals surface area contributed by atoms with Gasteiger partial charge in [0.15, 0.2) is 0 Å². The van der Waals surface area contributed by atoms with Gasteiger partial charge in [-0.2, -0.15) is 0 Å². The molecular weight excluding hydrogens is 269 g/mol. The van der Waals surface area contributed by atoms with Crippen molar-refractivity contribution in [3.05, 3.63) is 29.6 Å². The highest BCUT2D eigenvalue weighted by atomic mass is 35.5. The first-order chi connectivity index (χ1) is 8.75. The molecular formula is C14H19ClFNO2. The number of hydrogen-bond acceptors (Lipinski definition) is 2. The minimum Gasteiger partial charge on any atom is -0.507 e. The van der Waals surface area contributed by atoms with Gasteiger partial charge in [0, 0.05) is 11.9 Å². The summed E-state index contributed by atoms with van der Waals surface area (Å²) < 4.78 is 13.1. The third kappa shape index (κ3) is 4.39. The number of alkyl halides is 1. The summed E-state index contributed by atoms with van der Waals surface area (Å²) in [5.74, 6) is -0.885. The molecule has 5 heteroatoms. The highest BCUT2D eigenvalue weighted by Crippen LogP contribution is 2.24. The fourth-order valence-electron chi connectivity index (χ4n) is 1.76. The lowest BCUT2D eigenvalue weighted by Gasteiger charge is -2.31. The maximum Gasteiger partial charge on any atom is 0.255 e. The molecule has 1 rings (SSSR count). The summed E-state index contributed by atoms with van der Waals surface area (Å²) in [7, 11) is 0. The van der Waals surface area contributed by atoms with Gasteiger partial charge in [-0.05, 0) is 30.0 Å². The van der Waals surface area contributed by atoms with Crippen molar-refractivity contribution in [2.45, 2.75) is 33.2 Å². The second kappa shape index (κ2) is 6.24. The molecule has 0 radical (unpaired) electrons. The van der Waals surface area contributed by atoms with Crippen molar-refractivity contribution in [1.82, 2.24) is 5.32 Å². The second-order valence-corrected chi connectivity index (χ2v) is 5.91. The molecule has 1 aromatic carbocycles. The Bertz CT molecular complexity index is 457. The topological polar surface area (TPSA) is 49.3 Å². The van der Waals surface area contributed by atoms with Crippen LogP contribution in [-0.4, -0.2) is 22.9 Å². The number of benzene rings is 1. The SMILES string of the molecule is CC(C)(C)C(CCCl)NC(=O)c1cc(F)ccc1O. The van der Waals surface area contributed by atoms with Gasteiger partial charge in [0.25, 0.3) is 5.91 Å². The molecule has 0 aliphatic carbocycles. The second-order valence-electron chi connectivity index (χ2n) is 5.53. The quantitative estimate of drug-likeness (QED) is 0.835. The van der Waals surface area contributed by atoms with Gasteiger partial charge in [-0.15, -0.1) is 11.6 Å². The number of carbonyl (C=O) groups excluding carboxylic acids is 1. The summed E-state index contributed by atoms with van der Waals surface area (Å²) >= 11 is 5.73. The van der Waals surface area contributed by atoms with E-state index in [1.165, 1.54) is 0 Å². The third-order valence-electron chi connectivity index (χ3n) is 2.95. The molecule has 19 heavy (non-hydrogen) atoms. The number of carbonyl (C=O) groups is 1. The maximum atomic E-state index is 13.1. The summed E-state index contributed by atoms with van der Waals surface area (Å²) in [6.07, 6.45) is 0.604. The van der Waals surface area contributed by atoms with E-state index < -0.39 is 11.7 Å². The van der Waals surface area contributed by atoms with Crippen LogP contribution in [-0.2, 0) is 0 Å². The van der Waals surface area contributed by atoms with Gasteiger partial charge in [-0.1, -0.05) is 20.8 Å². The number of amides is 1. The molecule has 2 N–H and O–H groups in total. The zero-order valence-corrected chi connectivity index (χ0v) is 12.1. The molecule has 1 aromatic rings. The Kier molecular flexibility index (Phi) is 5.18. The van der Waals surface area contributed by atoms with Crippen LogP contribution in [0, 0.1) is 11.2 Å². The fraction of sp³-hybridized carbons (Fsp3) is 0.500. The number of rotatable bonds is 4. The van der Waals surface area contributed by atoms with Crippen molar-refractivity contribution in [2.75, 3.05) is 5.88 Å². The van der Waals surface area contributed by atoms with E-state index in [4.69, 9.17) is 11.6 Å². The Balaban J connectivity index is 2.91. The van der Waals surface area contributed by atoms with Crippen molar-refractivity contribution in [3.63, 3.8) is 0 Å². The minimum atomic E-state index is -0.562. The van der Waals surface area contributed by atoms with Crippen molar-refractivity contribution in [1.29, 1.82) is 0 Å². The van der Waals surface area contributed by atoms with Crippen molar-refractivity contribution in [2.24, 2.45) is 5.41 Å². The molecule has 0 aliphatic heterocycles. The standard InChI is InChI=1S/C14H19ClFNO2/c1-14(2,3)12(6-7-15)17-13(19)10-8-9(16)4-5-11(10)18/h4-5,8,12,18H,6-7H2,1-3H3,(H,17,19). The molecule has 0 bridgehead atoms. The van der Waals surface area contributed by atoms with E-state index in [0.717, 1.165) is 18.2 Å². The Morgan fingerprint density at radius 1 is 1.47 bits per heavy atom. The van der Waals surface area contributed by atoms with Crippen LogP contribution in [0.1, 0.15) is 37.6 Å². The number of halogens is 2. The zero-order valence-electron chi connectivity index (χ0n) is 11.3. The molecule has 0 saturated heterocycles. The zero-order chi connectivity index (χ0) is 14.6. The lowest BCUT2D eigenvalue weighted by molar-refractivity contribution is 0.0897. The smallest absolute Gasteiger partial charge is 0.255 e. The Hall–Kier alpha value is -1.29. The van der Waals surface area contributed by atoms with Crippen molar-refractivity contribution in [3.8, 4) is 5.75 Å². The molecule has 1 amide bonds. The van der Waals surface area contributed by atoms with Crippen LogP contribution in [0.3, 0.4) is 0 Å². The molecule has 1 unspecified atom stereocenters. The third-order valence-corrected chi connectivity index (χ3v) is 3.17. The molecule has 106 valence electrons. The molecule has 0 heterocycles. The Morgan fingerprint density at radius 2 is 2.11 bits per heavy atom. The number of nitrogens with one attached hydrogen (secondary N) is 1. The molecule has 0 spiro atoms. The van der Waals surface area contributed by atoms with Crippen LogP contribution in [0.2, 0.25) is 0 Å². The molecule has 0 fully saturated rings. The van der Waals surface area contributed by atoms with Crippen molar-refractivity contribution >= 4 is 17.5 Å². The van der Waals surface area contributed by atoms with Gasteiger partial charge in [0.2, 0.25) is 0 Å². The molecule has 1 atom stereocenters. The highest BCUT2D eigenvalue weighted by molar-refractivity contribution is 6.17. The summed E-state index contributed by atoms with van der Waals surface area (Å²) in [5, 5.41) is 12.4. The van der Waals surface area contributed by atoms with Gasteiger partial charge in [-0.25, -0.2) is 4.39 Å². The van der Waals surface area contributed by atoms with E-state index in [1.807, 2.05) is 20.8 Å². The van der Waals surface area contributed by atoms with Gasteiger partial charge < -0.3 is 10.4 Å². The van der Waals surface area contributed by atoms with Crippen LogP contribution < -0.4 is 5.32 Å². The maximum absolute atomic E-state index is 13.1. The first-order valence-electron chi connectivity index (χ1n) is 6.11. The summed E-state index contributed by atoms with van der Waals surface area (Å²) in [4.78, 5) is 12.1.